The third-order valence-corrected chi connectivity index (χ3v) is 10.5. The smallest absolute Gasteiger partial charge is 0.327 e. The molecule has 204 valence electrons. The largest absolute Gasteiger partial charge is 0.457 e. The van der Waals surface area contributed by atoms with E-state index >= 15 is 0 Å². The van der Waals surface area contributed by atoms with Gasteiger partial charge in [-0.3, -0.25) is 23.7 Å². The second-order valence-electron chi connectivity index (χ2n) is 9.23. The van der Waals surface area contributed by atoms with Crippen LogP contribution < -0.4 is 16.4 Å². The number of nitrogens with zero attached hydrogens (tertiary/aromatic N) is 3. The molecule has 5 rings (SSSR count). The quantitative estimate of drug-likeness (QED) is 0.199. The summed E-state index contributed by atoms with van der Waals surface area (Å²) in [7, 11) is 0. The zero-order chi connectivity index (χ0) is 27.2. The van der Waals surface area contributed by atoms with Gasteiger partial charge in [-0.05, 0) is 19.4 Å². The Morgan fingerprint density at radius 1 is 1.42 bits per heavy atom. The van der Waals surface area contributed by atoms with Crippen molar-refractivity contribution in [3.63, 3.8) is 0 Å². The molecule has 2 aliphatic heterocycles. The number of fused-ring (bicyclic) bond motifs is 1. The summed E-state index contributed by atoms with van der Waals surface area (Å²) in [4.78, 5) is 35.1. The van der Waals surface area contributed by atoms with E-state index in [-0.39, 0.29) is 29.5 Å². The highest BCUT2D eigenvalue weighted by atomic mass is 32.7. The Bertz CT molecular complexity index is 1450. The molecule has 7 atom stereocenters. The Labute approximate surface area is 220 Å². The second-order valence-corrected chi connectivity index (χ2v) is 13.6. The number of ether oxygens (including phenoxy) is 2. The van der Waals surface area contributed by atoms with E-state index < -0.39 is 54.4 Å². The summed E-state index contributed by atoms with van der Waals surface area (Å²) in [5, 5.41) is 24.5. The summed E-state index contributed by atoms with van der Waals surface area (Å²) < 4.78 is 31.5. The number of imidazole rings is 1. The lowest BCUT2D eigenvalue weighted by atomic mass is 9.96. The summed E-state index contributed by atoms with van der Waals surface area (Å²) in [5.74, 6) is -0.561. The van der Waals surface area contributed by atoms with Gasteiger partial charge in [0.25, 0.3) is 5.56 Å². The Kier molecular flexibility index (Phi) is 7.11. The molecule has 2 saturated heterocycles. The van der Waals surface area contributed by atoms with Crippen molar-refractivity contribution in [3.05, 3.63) is 52.6 Å². The fourth-order valence-electron chi connectivity index (χ4n) is 4.35. The fourth-order valence-corrected chi connectivity index (χ4v) is 8.23. The first-order valence-corrected chi connectivity index (χ1v) is 14.9. The molecule has 3 aromatic rings. The molecule has 2 aromatic heterocycles. The molecular weight excluding hydrogens is 539 g/mol. The predicted octanol–water partition coefficient (Wildman–Crippen LogP) is 0.845. The van der Waals surface area contributed by atoms with Crippen LogP contribution in [0.2, 0.25) is 0 Å². The highest BCUT2D eigenvalue weighted by Gasteiger charge is 2.54. The van der Waals surface area contributed by atoms with Crippen LogP contribution in [0.1, 0.15) is 31.7 Å². The number of aromatic amines is 1. The molecule has 0 spiro atoms. The van der Waals surface area contributed by atoms with Crippen LogP contribution in [0.25, 0.3) is 11.2 Å². The van der Waals surface area contributed by atoms with Gasteiger partial charge in [0.05, 0.1) is 12.9 Å². The maximum absolute atomic E-state index is 13.2. The fraction of sp³-hybridized carbons (Fsp3) is 0.455. The summed E-state index contributed by atoms with van der Waals surface area (Å²) in [6.07, 6.45) is -3.03. The van der Waals surface area contributed by atoms with Crippen LogP contribution in [-0.4, -0.2) is 71.9 Å². The van der Waals surface area contributed by atoms with Gasteiger partial charge in [-0.25, -0.2) is 10.1 Å². The minimum atomic E-state index is -3.55. The van der Waals surface area contributed by atoms with Gasteiger partial charge in [0.1, 0.15) is 30.0 Å². The number of benzene rings is 1. The van der Waals surface area contributed by atoms with Crippen LogP contribution in [-0.2, 0) is 23.4 Å². The maximum atomic E-state index is 13.2. The number of nitrogens with two attached hydrogens (primary N) is 1. The Balaban J connectivity index is 1.23. The number of esters is 1. The summed E-state index contributed by atoms with van der Waals surface area (Å²) in [6.45, 7) is -0.825. The molecule has 3 unspecified atom stereocenters. The van der Waals surface area contributed by atoms with E-state index in [1.807, 2.05) is 30.3 Å². The van der Waals surface area contributed by atoms with Crippen LogP contribution in [0.3, 0.4) is 0 Å². The third kappa shape index (κ3) is 4.98. The predicted molar refractivity (Wildman–Crippen MR) is 137 cm³/mol. The molecule has 0 radical (unpaired) electrons. The lowest BCUT2D eigenvalue weighted by Gasteiger charge is -2.27. The number of aromatic nitrogens is 4. The summed E-state index contributed by atoms with van der Waals surface area (Å²) >= 11 is 0.937. The summed E-state index contributed by atoms with van der Waals surface area (Å²) in [6, 6.07) is 8.37. The molecule has 2 aliphatic rings. The van der Waals surface area contributed by atoms with Crippen molar-refractivity contribution >= 4 is 41.2 Å². The number of hydrogen-bond acceptors (Lipinski definition) is 12. The molecule has 14 nitrogen and oxygen atoms in total. The molecule has 0 saturated carbocycles. The Morgan fingerprint density at radius 3 is 2.89 bits per heavy atom. The van der Waals surface area contributed by atoms with Crippen molar-refractivity contribution in [1.82, 2.24) is 24.6 Å². The van der Waals surface area contributed by atoms with Gasteiger partial charge in [0.15, 0.2) is 17.4 Å². The van der Waals surface area contributed by atoms with E-state index in [4.69, 9.17) is 19.7 Å². The molecule has 0 bridgehead atoms. The second kappa shape index (κ2) is 10.1. The topological polar surface area (TPSA) is 204 Å². The maximum Gasteiger partial charge on any atom is 0.327 e. The van der Waals surface area contributed by atoms with E-state index in [1.165, 1.54) is 17.8 Å². The third-order valence-electron chi connectivity index (χ3n) is 6.44. The van der Waals surface area contributed by atoms with Crippen molar-refractivity contribution in [2.24, 2.45) is 0 Å². The first-order valence-electron chi connectivity index (χ1n) is 11.7. The molecule has 1 aromatic carbocycles. The van der Waals surface area contributed by atoms with Crippen LogP contribution >= 0.6 is 18.1 Å². The van der Waals surface area contributed by atoms with Crippen molar-refractivity contribution < 1.29 is 33.6 Å². The van der Waals surface area contributed by atoms with E-state index in [0.29, 0.717) is 0 Å². The van der Waals surface area contributed by atoms with Gasteiger partial charge in [-0.2, -0.15) is 4.98 Å². The first kappa shape index (κ1) is 26.8. The molecule has 16 heteroatoms. The van der Waals surface area contributed by atoms with Crippen LogP contribution in [0, 0.1) is 0 Å². The van der Waals surface area contributed by atoms with Crippen LogP contribution in [0.15, 0.2) is 41.5 Å². The minimum absolute atomic E-state index is 0.0247. The molecule has 6 N–H and O–H groups in total. The number of nitrogen functional groups attached to an aromatic ring is 1. The van der Waals surface area contributed by atoms with Gasteiger partial charge in [-0.15, -0.1) is 0 Å². The van der Waals surface area contributed by atoms with E-state index in [1.54, 1.807) is 6.92 Å². The van der Waals surface area contributed by atoms with Gasteiger partial charge < -0.3 is 29.9 Å². The van der Waals surface area contributed by atoms with Gasteiger partial charge in [0, 0.05) is 5.75 Å². The number of carbonyl (C=O) groups is 1. The molecule has 2 fully saturated rings. The van der Waals surface area contributed by atoms with Crippen molar-refractivity contribution in [3.8, 4) is 0 Å². The Morgan fingerprint density at radius 2 is 2.16 bits per heavy atom. The normalized spacial score (nSPS) is 32.0. The van der Waals surface area contributed by atoms with Crippen LogP contribution in [0.5, 0.6) is 0 Å². The lowest BCUT2D eigenvalue weighted by molar-refractivity contribution is -0.150. The molecular formula is C22H27N6O8PS. The number of carbonyl (C=O) groups excluding carboxylic acids is 1. The highest BCUT2D eigenvalue weighted by molar-refractivity contribution is 8.56. The minimum Gasteiger partial charge on any atom is -0.457 e. The number of hydrogen-bond donors (Lipinski definition) is 5. The average molecular weight is 567 g/mol. The van der Waals surface area contributed by atoms with Crippen molar-refractivity contribution in [2.45, 2.75) is 50.0 Å². The standard InChI is InChI=1S/C22H27N6O8PS/c1-11(12-6-4-3-5-7-12)35-19(31)13-9-38-37(33,27-13)34-8-14-16(29)22(2,32)20(36-14)28-10-24-15-17(28)25-21(23)26-18(15)30/h3-7,10-11,13-14,16,20,29,32H,8-9H2,1-2H3,(H,27,33)(H3,23,25,26,30)/t11?,13?,14-,16-,20-,22-,37?/m1/s1. The Hall–Kier alpha value is -2.78. The summed E-state index contributed by atoms with van der Waals surface area (Å²) in [5.41, 5.74) is 4.07. The zero-order valence-corrected chi connectivity index (χ0v) is 22.1. The molecule has 0 aliphatic carbocycles. The monoisotopic (exact) mass is 566 g/mol. The van der Waals surface area contributed by atoms with E-state index in [9.17, 15) is 24.4 Å². The number of aliphatic hydroxyl groups excluding tert-OH is 1. The SMILES string of the molecule is CC(OC(=O)C1CSP(=O)(OC[C@H]2O[C@@H](n3cnc4c(=O)[nH]c(N)nc43)[C@](C)(O)[C@@H]2O)N1)c1ccccc1. The number of anilines is 1. The number of rotatable bonds is 7. The van der Waals surface area contributed by atoms with Crippen molar-refractivity contribution in [2.75, 3.05) is 18.1 Å². The van der Waals surface area contributed by atoms with Gasteiger partial charge in [0.2, 0.25) is 5.95 Å². The number of nitrogens with one attached hydrogen (secondary N) is 2. The van der Waals surface area contributed by atoms with Gasteiger partial charge in [-0.1, -0.05) is 41.7 Å². The first-order chi connectivity index (χ1) is 18.0. The van der Waals surface area contributed by atoms with E-state index in [0.717, 1.165) is 16.9 Å². The number of H-pyrrole nitrogens is 1. The molecule has 38 heavy (non-hydrogen) atoms. The van der Waals surface area contributed by atoms with Gasteiger partial charge >= 0.3 is 12.7 Å². The van der Waals surface area contributed by atoms with Crippen LogP contribution in [0.4, 0.5) is 5.95 Å². The van der Waals surface area contributed by atoms with Crippen molar-refractivity contribution in [1.29, 1.82) is 0 Å². The molecule has 4 heterocycles. The van der Waals surface area contributed by atoms with E-state index in [2.05, 4.69) is 20.0 Å². The highest BCUT2D eigenvalue weighted by Crippen LogP contribution is 2.61. The lowest BCUT2D eigenvalue weighted by Crippen LogP contribution is -2.44. The number of aliphatic hydroxyl groups is 2. The average Bonchev–Trinajstić information content (AvgIpc) is 3.54. The molecule has 0 amide bonds. The zero-order valence-electron chi connectivity index (χ0n) is 20.4.